The fraction of sp³-hybridized carbons (Fsp3) is 0.556. The van der Waals surface area contributed by atoms with E-state index < -0.39 is 0 Å². The maximum Gasteiger partial charge on any atom is 0.0179 e. The van der Waals surface area contributed by atoms with Crippen molar-refractivity contribution in [1.29, 1.82) is 0 Å². The molecule has 0 aromatic carbocycles. The summed E-state index contributed by atoms with van der Waals surface area (Å²) in [6, 6.07) is 0. The van der Waals surface area contributed by atoms with E-state index in [4.69, 9.17) is 0 Å². The predicted molar refractivity (Wildman–Crippen MR) is 44.3 cm³/mol. The first kappa shape index (κ1) is 7.39. The van der Waals surface area contributed by atoms with E-state index in [2.05, 4.69) is 32.0 Å². The first-order valence-corrected chi connectivity index (χ1v) is 3.95. The predicted octanol–water partition coefficient (Wildman–Crippen LogP) is 2.45. The van der Waals surface area contributed by atoms with Crippen LogP contribution in [-0.4, -0.2) is 4.98 Å². The summed E-state index contributed by atoms with van der Waals surface area (Å²) in [5.74, 6) is 0. The molecule has 0 radical (unpaired) electrons. The number of nitrogens with one attached hydrogen (secondary N) is 1. The lowest BCUT2D eigenvalue weighted by Gasteiger charge is -1.97. The van der Waals surface area contributed by atoms with E-state index in [-0.39, 0.29) is 0 Å². The highest BCUT2D eigenvalue weighted by atomic mass is 14.7. The molecule has 10 heavy (non-hydrogen) atoms. The van der Waals surface area contributed by atoms with E-state index in [0.29, 0.717) is 0 Å². The van der Waals surface area contributed by atoms with Gasteiger partial charge in [-0.3, -0.25) is 0 Å². The number of H-pyrrole nitrogens is 1. The molecular weight excluding hydrogens is 122 g/mol. The minimum Gasteiger partial charge on any atom is -0.365 e. The van der Waals surface area contributed by atoms with Crippen molar-refractivity contribution in [1.82, 2.24) is 4.98 Å². The Morgan fingerprint density at radius 2 is 2.00 bits per heavy atom. The molecule has 0 amide bonds. The zero-order valence-electron chi connectivity index (χ0n) is 6.99. The Hall–Kier alpha value is -0.720. The Balaban J connectivity index is 3.01. The van der Waals surface area contributed by atoms with Gasteiger partial charge < -0.3 is 4.98 Å². The van der Waals surface area contributed by atoms with Gasteiger partial charge in [-0.25, -0.2) is 0 Å². The molecule has 0 spiro atoms. The largest absolute Gasteiger partial charge is 0.365 e. The Morgan fingerprint density at radius 1 is 1.30 bits per heavy atom. The van der Waals surface area contributed by atoms with Crippen LogP contribution < -0.4 is 0 Å². The van der Waals surface area contributed by atoms with Crippen molar-refractivity contribution in [2.75, 3.05) is 0 Å². The van der Waals surface area contributed by atoms with Crippen molar-refractivity contribution in [3.63, 3.8) is 0 Å². The third-order valence-corrected chi connectivity index (χ3v) is 2.01. The molecule has 1 heterocycles. The van der Waals surface area contributed by atoms with Gasteiger partial charge in [-0.05, 0) is 30.9 Å². The van der Waals surface area contributed by atoms with Crippen LogP contribution in [0.1, 0.15) is 30.7 Å². The second-order valence-electron chi connectivity index (χ2n) is 2.64. The fourth-order valence-corrected chi connectivity index (χ4v) is 1.42. The normalized spacial score (nSPS) is 10.3. The average molecular weight is 137 g/mol. The molecule has 56 valence electrons. The van der Waals surface area contributed by atoms with Gasteiger partial charge in [-0.2, -0.15) is 0 Å². The second kappa shape index (κ2) is 2.91. The summed E-state index contributed by atoms with van der Waals surface area (Å²) in [6.07, 6.45) is 4.37. The first-order chi connectivity index (χ1) is 4.79. The summed E-state index contributed by atoms with van der Waals surface area (Å²) in [4.78, 5) is 3.27. The van der Waals surface area contributed by atoms with Gasteiger partial charge in [0, 0.05) is 11.9 Å². The maximum absolute atomic E-state index is 3.27. The molecule has 0 aliphatic heterocycles. The Morgan fingerprint density at radius 3 is 2.40 bits per heavy atom. The third kappa shape index (κ3) is 1.08. The smallest absolute Gasteiger partial charge is 0.0179 e. The van der Waals surface area contributed by atoms with Crippen LogP contribution in [0.3, 0.4) is 0 Å². The zero-order chi connectivity index (χ0) is 7.56. The molecule has 0 bridgehead atoms. The van der Waals surface area contributed by atoms with E-state index in [9.17, 15) is 0 Å². The standard InChI is InChI=1S/C9H15N/c1-4-8-7(3)6-10-9(8)5-2/h6,10H,4-5H2,1-3H3. The van der Waals surface area contributed by atoms with E-state index in [0.717, 1.165) is 12.8 Å². The number of rotatable bonds is 2. The number of hydrogen-bond acceptors (Lipinski definition) is 0. The lowest BCUT2D eigenvalue weighted by atomic mass is 10.1. The molecule has 0 fully saturated rings. The summed E-state index contributed by atoms with van der Waals surface area (Å²) in [7, 11) is 0. The van der Waals surface area contributed by atoms with Gasteiger partial charge >= 0.3 is 0 Å². The van der Waals surface area contributed by atoms with Crippen molar-refractivity contribution in [3.05, 3.63) is 23.0 Å². The zero-order valence-corrected chi connectivity index (χ0v) is 6.99. The van der Waals surface area contributed by atoms with Gasteiger partial charge in [-0.1, -0.05) is 13.8 Å². The SMILES string of the molecule is CCc1[nH]cc(C)c1CC. The van der Waals surface area contributed by atoms with Crippen LogP contribution in [0.15, 0.2) is 6.20 Å². The summed E-state index contributed by atoms with van der Waals surface area (Å²) < 4.78 is 0. The summed E-state index contributed by atoms with van der Waals surface area (Å²) in [5, 5.41) is 0. The van der Waals surface area contributed by atoms with Crippen LogP contribution in [0, 0.1) is 6.92 Å². The number of aryl methyl sites for hydroxylation is 2. The minimum absolute atomic E-state index is 1.12. The highest BCUT2D eigenvalue weighted by molar-refractivity contribution is 5.29. The van der Waals surface area contributed by atoms with E-state index >= 15 is 0 Å². The molecule has 0 aliphatic rings. The highest BCUT2D eigenvalue weighted by Crippen LogP contribution is 2.13. The monoisotopic (exact) mass is 137 g/mol. The van der Waals surface area contributed by atoms with Crippen molar-refractivity contribution in [2.45, 2.75) is 33.6 Å². The molecule has 1 rings (SSSR count). The molecule has 1 nitrogen and oxygen atoms in total. The van der Waals surface area contributed by atoms with Gasteiger partial charge in [0.1, 0.15) is 0 Å². The lowest BCUT2D eigenvalue weighted by molar-refractivity contribution is 0.997. The molecular formula is C9H15N. The van der Waals surface area contributed by atoms with Gasteiger partial charge in [0.2, 0.25) is 0 Å². The molecule has 0 aliphatic carbocycles. The van der Waals surface area contributed by atoms with Crippen LogP contribution in [-0.2, 0) is 12.8 Å². The van der Waals surface area contributed by atoms with E-state index in [1.54, 1.807) is 0 Å². The van der Waals surface area contributed by atoms with Crippen LogP contribution in [0.5, 0.6) is 0 Å². The number of aromatic amines is 1. The van der Waals surface area contributed by atoms with Crippen molar-refractivity contribution >= 4 is 0 Å². The average Bonchev–Trinajstić information content (AvgIpc) is 2.30. The minimum atomic E-state index is 1.12. The van der Waals surface area contributed by atoms with Crippen molar-refractivity contribution in [2.24, 2.45) is 0 Å². The molecule has 0 atom stereocenters. The van der Waals surface area contributed by atoms with Crippen LogP contribution >= 0.6 is 0 Å². The maximum atomic E-state index is 3.27. The van der Waals surface area contributed by atoms with Crippen LogP contribution in [0.4, 0.5) is 0 Å². The second-order valence-corrected chi connectivity index (χ2v) is 2.64. The summed E-state index contributed by atoms with van der Waals surface area (Å²) in [5.41, 5.74) is 4.31. The molecule has 0 saturated carbocycles. The topological polar surface area (TPSA) is 15.8 Å². The lowest BCUT2D eigenvalue weighted by Crippen LogP contribution is -1.87. The van der Waals surface area contributed by atoms with Gasteiger partial charge in [-0.15, -0.1) is 0 Å². The highest BCUT2D eigenvalue weighted by Gasteiger charge is 2.02. The molecule has 1 heteroatoms. The Kier molecular flexibility index (Phi) is 2.15. The van der Waals surface area contributed by atoms with Gasteiger partial charge in [0.25, 0.3) is 0 Å². The Bertz CT molecular complexity index is 211. The number of hydrogen-bond donors (Lipinski definition) is 1. The summed E-state index contributed by atoms with van der Waals surface area (Å²) >= 11 is 0. The number of aromatic nitrogens is 1. The van der Waals surface area contributed by atoms with Crippen molar-refractivity contribution < 1.29 is 0 Å². The van der Waals surface area contributed by atoms with Crippen LogP contribution in [0.2, 0.25) is 0 Å². The quantitative estimate of drug-likeness (QED) is 0.644. The molecule has 1 N–H and O–H groups in total. The third-order valence-electron chi connectivity index (χ3n) is 2.01. The van der Waals surface area contributed by atoms with Crippen molar-refractivity contribution in [3.8, 4) is 0 Å². The first-order valence-electron chi connectivity index (χ1n) is 3.95. The van der Waals surface area contributed by atoms with E-state index in [1.807, 2.05) is 0 Å². The summed E-state index contributed by atoms with van der Waals surface area (Å²) in [6.45, 7) is 6.55. The molecule has 0 saturated heterocycles. The van der Waals surface area contributed by atoms with Gasteiger partial charge in [0.15, 0.2) is 0 Å². The fourth-order valence-electron chi connectivity index (χ4n) is 1.42. The van der Waals surface area contributed by atoms with E-state index in [1.165, 1.54) is 16.8 Å². The molecule has 1 aromatic heterocycles. The molecule has 0 unspecified atom stereocenters. The molecule has 1 aromatic rings. The van der Waals surface area contributed by atoms with Gasteiger partial charge in [0.05, 0.1) is 0 Å². The Labute approximate surface area is 62.5 Å². The van der Waals surface area contributed by atoms with Crippen LogP contribution in [0.25, 0.3) is 0 Å².